The topological polar surface area (TPSA) is 77.5 Å². The van der Waals surface area contributed by atoms with E-state index in [9.17, 15) is 18.0 Å². The molecule has 0 atom stereocenters. The fraction of sp³-hybridized carbons (Fsp3) is 0.200. The van der Waals surface area contributed by atoms with Crippen molar-refractivity contribution >= 4 is 21.8 Å². The van der Waals surface area contributed by atoms with Gasteiger partial charge in [0, 0.05) is 6.26 Å². The molecule has 1 heterocycles. The summed E-state index contributed by atoms with van der Waals surface area (Å²) in [7, 11) is -3.33. The molecule has 0 bridgehead atoms. The maximum atomic E-state index is 11.3. The van der Waals surface area contributed by atoms with Crippen LogP contribution in [0.2, 0.25) is 0 Å². The van der Waals surface area contributed by atoms with Gasteiger partial charge in [0.25, 0.3) is 0 Å². The Labute approximate surface area is 91.9 Å². The number of benzene rings is 1. The molecule has 1 aromatic rings. The van der Waals surface area contributed by atoms with Crippen LogP contribution < -0.4 is 0 Å². The maximum absolute atomic E-state index is 11.3. The summed E-state index contributed by atoms with van der Waals surface area (Å²) < 4.78 is 27.0. The maximum Gasteiger partial charge on any atom is 0.346 e. The number of sulfone groups is 1. The largest absolute Gasteiger partial charge is 0.389 e. The molecule has 0 aliphatic carbocycles. The van der Waals surface area contributed by atoms with Crippen molar-refractivity contribution in [1.82, 2.24) is 0 Å². The van der Waals surface area contributed by atoms with E-state index in [4.69, 9.17) is 0 Å². The lowest BCUT2D eigenvalue weighted by Gasteiger charge is -2.14. The molecule has 0 aromatic heterocycles. The van der Waals surface area contributed by atoms with Crippen LogP contribution in [0.4, 0.5) is 0 Å². The summed E-state index contributed by atoms with van der Waals surface area (Å²) in [5.74, 6) is -1.39. The van der Waals surface area contributed by atoms with E-state index < -0.39 is 21.8 Å². The third-order valence-electron chi connectivity index (χ3n) is 2.27. The second kappa shape index (κ2) is 3.41. The second-order valence-electron chi connectivity index (χ2n) is 3.53. The predicted octanol–water partition coefficient (Wildman–Crippen LogP) is 0.330. The number of esters is 2. The lowest BCUT2D eigenvalue weighted by molar-refractivity contribution is -0.137. The normalized spacial score (nSPS) is 15.6. The van der Waals surface area contributed by atoms with Crippen LogP contribution >= 0.6 is 0 Å². The molecule has 1 aromatic carbocycles. The molecule has 5 nitrogen and oxygen atoms in total. The van der Waals surface area contributed by atoms with Crippen LogP contribution in [0.25, 0.3) is 0 Å². The number of rotatable bonds is 1. The minimum absolute atomic E-state index is 0.0789. The van der Waals surface area contributed by atoms with Crippen LogP contribution in [-0.2, 0) is 25.8 Å². The van der Waals surface area contributed by atoms with E-state index in [-0.39, 0.29) is 16.9 Å². The summed E-state index contributed by atoms with van der Waals surface area (Å²) in [5, 5.41) is 0. The minimum atomic E-state index is -3.33. The zero-order chi connectivity index (χ0) is 11.9. The monoisotopic (exact) mass is 240 g/mol. The molecule has 16 heavy (non-hydrogen) atoms. The Morgan fingerprint density at radius 3 is 2.56 bits per heavy atom. The molecule has 0 radical (unpaired) electrons. The van der Waals surface area contributed by atoms with E-state index in [1.54, 1.807) is 0 Å². The highest BCUT2D eigenvalue weighted by atomic mass is 32.2. The van der Waals surface area contributed by atoms with Crippen molar-refractivity contribution in [3.63, 3.8) is 0 Å². The van der Waals surface area contributed by atoms with Gasteiger partial charge in [0.15, 0.2) is 9.84 Å². The number of carbonyl (C=O) groups excluding carboxylic acids is 2. The van der Waals surface area contributed by atoms with Crippen LogP contribution in [0, 0.1) is 0 Å². The Morgan fingerprint density at radius 1 is 1.25 bits per heavy atom. The van der Waals surface area contributed by atoms with Gasteiger partial charge in [-0.25, -0.2) is 13.2 Å². The fourth-order valence-electron chi connectivity index (χ4n) is 1.50. The Morgan fingerprint density at radius 2 is 1.94 bits per heavy atom. The summed E-state index contributed by atoms with van der Waals surface area (Å²) in [6.07, 6.45) is 0.988. The third-order valence-corrected chi connectivity index (χ3v) is 3.38. The number of ether oxygens (including phenoxy) is 1. The molecule has 84 valence electrons. The van der Waals surface area contributed by atoms with Crippen LogP contribution in [0.3, 0.4) is 0 Å². The first-order chi connectivity index (χ1) is 7.38. The number of fused-ring (bicyclic) bond motifs is 1. The highest BCUT2D eigenvalue weighted by molar-refractivity contribution is 7.90. The number of hydrogen-bond acceptors (Lipinski definition) is 5. The lowest BCUT2D eigenvalue weighted by atomic mass is 10.0. The summed E-state index contributed by atoms with van der Waals surface area (Å²) >= 11 is 0. The fourth-order valence-corrected chi connectivity index (χ4v) is 2.17. The molecule has 0 N–H and O–H groups in total. The summed E-state index contributed by atoms with van der Waals surface area (Å²) in [4.78, 5) is 22.4. The third kappa shape index (κ3) is 1.83. The van der Waals surface area contributed by atoms with Gasteiger partial charge in [-0.3, -0.25) is 4.79 Å². The molecule has 0 amide bonds. The van der Waals surface area contributed by atoms with E-state index in [1.807, 2.05) is 0 Å². The molecule has 2 rings (SSSR count). The van der Waals surface area contributed by atoms with Gasteiger partial charge in [-0.05, 0) is 23.8 Å². The van der Waals surface area contributed by atoms with E-state index in [1.165, 1.54) is 18.2 Å². The lowest BCUT2D eigenvalue weighted by Crippen LogP contribution is -2.23. The molecule has 0 saturated heterocycles. The van der Waals surface area contributed by atoms with Crippen LogP contribution in [0.15, 0.2) is 23.1 Å². The predicted molar refractivity (Wildman–Crippen MR) is 53.7 cm³/mol. The Hall–Kier alpha value is -1.69. The molecule has 0 unspecified atom stereocenters. The smallest absolute Gasteiger partial charge is 0.346 e. The van der Waals surface area contributed by atoms with Crippen molar-refractivity contribution in [3.8, 4) is 0 Å². The molecular weight excluding hydrogens is 232 g/mol. The van der Waals surface area contributed by atoms with Crippen molar-refractivity contribution in [1.29, 1.82) is 0 Å². The second-order valence-corrected chi connectivity index (χ2v) is 5.55. The van der Waals surface area contributed by atoms with E-state index in [0.717, 1.165) is 6.26 Å². The van der Waals surface area contributed by atoms with Crippen molar-refractivity contribution in [3.05, 3.63) is 29.3 Å². The number of carbonyl (C=O) groups is 2. The Kier molecular flexibility index (Phi) is 2.31. The standard InChI is InChI=1S/C10H8O5S/c1-16(13,14)7-2-3-8-6(4-7)5-9(11)15-10(8)12/h2-4H,5H2,1H3. The van der Waals surface area contributed by atoms with Gasteiger partial charge in [-0.2, -0.15) is 0 Å². The first-order valence-corrected chi connectivity index (χ1v) is 6.35. The SMILES string of the molecule is CS(=O)(=O)c1ccc2c(c1)CC(=O)OC2=O. The summed E-state index contributed by atoms with van der Waals surface area (Å²) in [6, 6.07) is 4.02. The zero-order valence-electron chi connectivity index (χ0n) is 8.39. The van der Waals surface area contributed by atoms with Gasteiger partial charge in [0.2, 0.25) is 0 Å². The molecule has 0 fully saturated rings. The average Bonchev–Trinajstić information content (AvgIpc) is 2.15. The van der Waals surface area contributed by atoms with Gasteiger partial charge in [-0.1, -0.05) is 0 Å². The summed E-state index contributed by atoms with van der Waals surface area (Å²) in [6.45, 7) is 0. The molecular formula is C10H8O5S. The first kappa shape index (κ1) is 10.8. The van der Waals surface area contributed by atoms with Crippen LogP contribution in [0.5, 0.6) is 0 Å². The van der Waals surface area contributed by atoms with Gasteiger partial charge in [0.05, 0.1) is 16.9 Å². The van der Waals surface area contributed by atoms with E-state index in [0.29, 0.717) is 5.56 Å². The number of hydrogen-bond donors (Lipinski definition) is 0. The highest BCUT2D eigenvalue weighted by Crippen LogP contribution is 2.21. The van der Waals surface area contributed by atoms with Crippen LogP contribution in [0.1, 0.15) is 15.9 Å². The van der Waals surface area contributed by atoms with Crippen molar-refractivity contribution in [2.45, 2.75) is 11.3 Å². The zero-order valence-corrected chi connectivity index (χ0v) is 9.21. The van der Waals surface area contributed by atoms with E-state index in [2.05, 4.69) is 4.74 Å². The van der Waals surface area contributed by atoms with Crippen molar-refractivity contribution in [2.75, 3.05) is 6.26 Å². The minimum Gasteiger partial charge on any atom is -0.389 e. The molecule has 6 heteroatoms. The Bertz CT molecular complexity index is 585. The highest BCUT2D eigenvalue weighted by Gasteiger charge is 2.25. The molecule has 1 aliphatic heterocycles. The number of cyclic esters (lactones) is 2. The average molecular weight is 240 g/mol. The van der Waals surface area contributed by atoms with Gasteiger partial charge in [-0.15, -0.1) is 0 Å². The quantitative estimate of drug-likeness (QED) is 0.522. The molecule has 0 saturated carbocycles. The molecule has 0 spiro atoms. The molecule has 1 aliphatic rings. The van der Waals surface area contributed by atoms with Gasteiger partial charge in [0.1, 0.15) is 0 Å². The van der Waals surface area contributed by atoms with E-state index >= 15 is 0 Å². The first-order valence-electron chi connectivity index (χ1n) is 4.46. The Balaban J connectivity index is 2.59. The van der Waals surface area contributed by atoms with Gasteiger partial charge < -0.3 is 4.74 Å². The van der Waals surface area contributed by atoms with Gasteiger partial charge >= 0.3 is 11.9 Å². The summed E-state index contributed by atoms with van der Waals surface area (Å²) in [5.41, 5.74) is 0.635. The van der Waals surface area contributed by atoms with Crippen LogP contribution in [-0.4, -0.2) is 26.6 Å². The van der Waals surface area contributed by atoms with Crippen molar-refractivity contribution in [2.24, 2.45) is 0 Å². The van der Waals surface area contributed by atoms with Crippen molar-refractivity contribution < 1.29 is 22.7 Å².